The van der Waals surface area contributed by atoms with Crippen molar-refractivity contribution in [3.8, 4) is 16.9 Å². The van der Waals surface area contributed by atoms with Crippen molar-refractivity contribution in [2.24, 2.45) is 0 Å². The fraction of sp³-hybridized carbons (Fsp3) is 0.143. The Kier molecular flexibility index (Phi) is 6.74. The highest BCUT2D eigenvalue weighted by molar-refractivity contribution is 7.15. The maximum atomic E-state index is 12.6. The fourth-order valence-corrected chi connectivity index (χ4v) is 3.72. The number of benzene rings is 2. The summed E-state index contributed by atoms with van der Waals surface area (Å²) in [6.45, 7) is 1.96. The molecule has 0 aliphatic heterocycles. The van der Waals surface area contributed by atoms with Crippen LogP contribution in [-0.2, 0) is 4.74 Å². The van der Waals surface area contributed by atoms with Gasteiger partial charge in [-0.25, -0.2) is 9.59 Å². The number of esters is 1. The zero-order chi connectivity index (χ0) is 20.8. The van der Waals surface area contributed by atoms with E-state index in [4.69, 9.17) is 21.1 Å². The Balaban J connectivity index is 1.87. The highest BCUT2D eigenvalue weighted by atomic mass is 35.5. The molecular weight excluding hydrogens is 412 g/mol. The topological polar surface area (TPSA) is 76.7 Å². The molecule has 0 aliphatic carbocycles. The Bertz CT molecular complexity index is 1000. The molecule has 0 radical (unpaired) electrons. The van der Waals surface area contributed by atoms with Crippen LogP contribution in [0.2, 0.25) is 5.02 Å². The van der Waals surface area contributed by atoms with Gasteiger partial charge in [0.2, 0.25) is 0 Å². The molecule has 29 heavy (non-hydrogen) atoms. The van der Waals surface area contributed by atoms with E-state index in [1.54, 1.807) is 38.3 Å². The molecule has 0 aliphatic rings. The number of amides is 2. The number of halogens is 1. The molecule has 0 atom stereocenters. The van der Waals surface area contributed by atoms with E-state index in [1.165, 1.54) is 11.3 Å². The second kappa shape index (κ2) is 9.45. The molecule has 1 aromatic heterocycles. The molecule has 150 valence electrons. The quantitative estimate of drug-likeness (QED) is 0.477. The highest BCUT2D eigenvalue weighted by Gasteiger charge is 2.23. The first-order valence-corrected chi connectivity index (χ1v) is 10.0. The second-order valence-corrected chi connectivity index (χ2v) is 7.20. The molecule has 8 heteroatoms. The number of hydrogen-bond donors (Lipinski definition) is 2. The number of thiophene rings is 1. The van der Waals surface area contributed by atoms with E-state index in [-0.39, 0.29) is 6.61 Å². The standard InChI is InChI=1S/C21H19ClN2O4S/c1-3-28-20(25)18-17(13-4-10-16(27-2)11-5-13)12-29-19(18)24-21(26)23-15-8-6-14(22)7-9-15/h4-12H,3H2,1-2H3,(H2,23,24,26). The average molecular weight is 431 g/mol. The lowest BCUT2D eigenvalue weighted by Gasteiger charge is -2.10. The highest BCUT2D eigenvalue weighted by Crippen LogP contribution is 2.37. The van der Waals surface area contributed by atoms with Gasteiger partial charge in [-0.05, 0) is 48.9 Å². The van der Waals surface area contributed by atoms with E-state index in [9.17, 15) is 9.59 Å². The fourth-order valence-electron chi connectivity index (χ4n) is 2.64. The number of urea groups is 1. The van der Waals surface area contributed by atoms with Crippen molar-refractivity contribution >= 4 is 45.6 Å². The normalized spacial score (nSPS) is 10.3. The maximum absolute atomic E-state index is 12.6. The first kappa shape index (κ1) is 20.7. The van der Waals surface area contributed by atoms with Crippen LogP contribution >= 0.6 is 22.9 Å². The minimum atomic E-state index is -0.499. The molecule has 0 unspecified atom stereocenters. The summed E-state index contributed by atoms with van der Waals surface area (Å²) < 4.78 is 10.4. The molecule has 0 spiro atoms. The third kappa shape index (κ3) is 5.07. The number of carbonyl (C=O) groups excluding carboxylic acids is 2. The maximum Gasteiger partial charge on any atom is 0.341 e. The van der Waals surface area contributed by atoms with Gasteiger partial charge in [-0.1, -0.05) is 23.7 Å². The van der Waals surface area contributed by atoms with Gasteiger partial charge in [-0.3, -0.25) is 5.32 Å². The van der Waals surface area contributed by atoms with Crippen molar-refractivity contribution in [2.75, 3.05) is 24.4 Å². The summed E-state index contributed by atoms with van der Waals surface area (Å²) in [7, 11) is 1.59. The Morgan fingerprint density at radius 1 is 1.03 bits per heavy atom. The third-order valence-corrected chi connectivity index (χ3v) is 5.15. The molecule has 0 saturated carbocycles. The number of carbonyl (C=O) groups is 2. The van der Waals surface area contributed by atoms with Gasteiger partial charge in [-0.2, -0.15) is 0 Å². The number of nitrogens with one attached hydrogen (secondary N) is 2. The van der Waals surface area contributed by atoms with Gasteiger partial charge in [0.1, 0.15) is 16.3 Å². The van der Waals surface area contributed by atoms with E-state index >= 15 is 0 Å². The number of methoxy groups -OCH3 is 1. The Morgan fingerprint density at radius 2 is 1.72 bits per heavy atom. The predicted molar refractivity (Wildman–Crippen MR) is 116 cm³/mol. The van der Waals surface area contributed by atoms with Crippen molar-refractivity contribution < 1.29 is 19.1 Å². The van der Waals surface area contributed by atoms with Gasteiger partial charge in [-0.15, -0.1) is 11.3 Å². The second-order valence-electron chi connectivity index (χ2n) is 5.89. The Morgan fingerprint density at radius 3 is 2.34 bits per heavy atom. The van der Waals surface area contributed by atoms with Gasteiger partial charge in [0, 0.05) is 21.7 Å². The molecular formula is C21H19ClN2O4S. The van der Waals surface area contributed by atoms with Gasteiger partial charge >= 0.3 is 12.0 Å². The average Bonchev–Trinajstić information content (AvgIpc) is 3.13. The third-order valence-electron chi connectivity index (χ3n) is 4.00. The van der Waals surface area contributed by atoms with Crippen LogP contribution in [0.25, 0.3) is 11.1 Å². The molecule has 0 saturated heterocycles. The summed E-state index contributed by atoms with van der Waals surface area (Å²) in [5.41, 5.74) is 2.39. The van der Waals surface area contributed by atoms with Crippen LogP contribution in [0.15, 0.2) is 53.9 Å². The summed E-state index contributed by atoms with van der Waals surface area (Å²) in [5.74, 6) is 0.212. The number of hydrogen-bond acceptors (Lipinski definition) is 5. The zero-order valence-corrected chi connectivity index (χ0v) is 17.4. The van der Waals surface area contributed by atoms with Crippen LogP contribution in [0.4, 0.5) is 15.5 Å². The first-order valence-electron chi connectivity index (χ1n) is 8.78. The summed E-state index contributed by atoms with van der Waals surface area (Å²) in [5, 5.41) is 8.23. The SMILES string of the molecule is CCOC(=O)c1c(-c2ccc(OC)cc2)csc1NC(=O)Nc1ccc(Cl)cc1. The van der Waals surface area contributed by atoms with Crippen molar-refractivity contribution in [1.82, 2.24) is 0 Å². The minimum absolute atomic E-state index is 0.229. The van der Waals surface area contributed by atoms with Crippen LogP contribution < -0.4 is 15.4 Å². The van der Waals surface area contributed by atoms with Gasteiger partial charge in [0.15, 0.2) is 0 Å². The van der Waals surface area contributed by atoms with E-state index < -0.39 is 12.0 Å². The van der Waals surface area contributed by atoms with Gasteiger partial charge in [0.25, 0.3) is 0 Å². The summed E-state index contributed by atoms with van der Waals surface area (Å²) in [4.78, 5) is 25.0. The van der Waals surface area contributed by atoms with E-state index in [2.05, 4.69) is 10.6 Å². The van der Waals surface area contributed by atoms with Crippen molar-refractivity contribution in [3.63, 3.8) is 0 Å². The molecule has 2 aromatic carbocycles. The molecule has 2 N–H and O–H groups in total. The Hall–Kier alpha value is -3.03. The predicted octanol–water partition coefficient (Wildman–Crippen LogP) is 5.90. The number of anilines is 2. The molecule has 6 nitrogen and oxygen atoms in total. The molecule has 1 heterocycles. The molecule has 0 fully saturated rings. The first-order chi connectivity index (χ1) is 14.0. The van der Waals surface area contributed by atoms with Crippen LogP contribution in [0.1, 0.15) is 17.3 Å². The smallest absolute Gasteiger partial charge is 0.341 e. The van der Waals surface area contributed by atoms with E-state index in [1.807, 2.05) is 29.6 Å². The summed E-state index contributed by atoms with van der Waals surface area (Å²) in [6, 6.07) is 13.6. The minimum Gasteiger partial charge on any atom is -0.497 e. The lowest BCUT2D eigenvalue weighted by molar-refractivity contribution is 0.0529. The van der Waals surface area contributed by atoms with Crippen molar-refractivity contribution in [1.29, 1.82) is 0 Å². The van der Waals surface area contributed by atoms with Gasteiger partial charge in [0.05, 0.1) is 13.7 Å². The van der Waals surface area contributed by atoms with E-state index in [0.29, 0.717) is 32.6 Å². The monoisotopic (exact) mass is 430 g/mol. The van der Waals surface area contributed by atoms with Gasteiger partial charge < -0.3 is 14.8 Å². The largest absolute Gasteiger partial charge is 0.497 e. The summed E-state index contributed by atoms with van der Waals surface area (Å²) in [6.07, 6.45) is 0. The Labute approximate surface area is 177 Å². The van der Waals surface area contributed by atoms with Crippen LogP contribution in [-0.4, -0.2) is 25.7 Å². The summed E-state index contributed by atoms with van der Waals surface area (Å²) >= 11 is 7.11. The van der Waals surface area contributed by atoms with Crippen molar-refractivity contribution in [3.05, 3.63) is 64.5 Å². The lowest BCUT2D eigenvalue weighted by atomic mass is 10.0. The molecule has 0 bridgehead atoms. The van der Waals surface area contributed by atoms with Crippen molar-refractivity contribution in [2.45, 2.75) is 6.92 Å². The molecule has 3 rings (SSSR count). The molecule has 3 aromatic rings. The van der Waals surface area contributed by atoms with Crippen LogP contribution in [0.3, 0.4) is 0 Å². The van der Waals surface area contributed by atoms with E-state index in [0.717, 1.165) is 5.56 Å². The molecule has 2 amide bonds. The number of ether oxygens (including phenoxy) is 2. The zero-order valence-electron chi connectivity index (χ0n) is 15.8. The van der Waals surface area contributed by atoms with Crippen LogP contribution in [0, 0.1) is 0 Å². The lowest BCUT2D eigenvalue weighted by Crippen LogP contribution is -2.20. The number of rotatable bonds is 6. The van der Waals surface area contributed by atoms with Crippen LogP contribution in [0.5, 0.6) is 5.75 Å².